The Labute approximate surface area is 159 Å². The van der Waals surface area contributed by atoms with Gasteiger partial charge in [-0.2, -0.15) is 0 Å². The maximum atomic E-state index is 13.6. The lowest BCUT2D eigenvalue weighted by atomic mass is 10.1. The molecule has 1 unspecified atom stereocenters. The molecule has 0 spiro atoms. The predicted molar refractivity (Wildman–Crippen MR) is 102 cm³/mol. The van der Waals surface area contributed by atoms with E-state index in [2.05, 4.69) is 27.9 Å². The lowest BCUT2D eigenvalue weighted by Crippen LogP contribution is -2.39. The molecule has 0 fully saturated rings. The highest BCUT2D eigenvalue weighted by Crippen LogP contribution is 2.20. The molecule has 146 valence electrons. The minimum atomic E-state index is -1.63. The molecular weight excluding hydrogens is 377 g/mol. The molecule has 0 saturated heterocycles. The van der Waals surface area contributed by atoms with Gasteiger partial charge < -0.3 is 16.0 Å². The number of aliphatic imine (C=N–C) groups is 1. The van der Waals surface area contributed by atoms with Crippen molar-refractivity contribution in [3.05, 3.63) is 52.0 Å². The summed E-state index contributed by atoms with van der Waals surface area (Å²) in [4.78, 5) is 17.3. The highest BCUT2D eigenvalue weighted by molar-refractivity contribution is 7.10. The van der Waals surface area contributed by atoms with E-state index in [1.54, 1.807) is 11.3 Å². The Bertz CT molecular complexity index is 796. The number of halogens is 3. The van der Waals surface area contributed by atoms with E-state index in [4.69, 9.17) is 0 Å². The predicted octanol–water partition coefficient (Wildman–Crippen LogP) is 3.46. The Kier molecular flexibility index (Phi) is 7.66. The average molecular weight is 398 g/mol. The summed E-state index contributed by atoms with van der Waals surface area (Å²) in [7, 11) is 0. The Hall–Kier alpha value is -2.55. The lowest BCUT2D eigenvalue weighted by Gasteiger charge is -2.15. The van der Waals surface area contributed by atoms with Gasteiger partial charge in [0.1, 0.15) is 6.54 Å². The maximum absolute atomic E-state index is 13.6. The Balaban J connectivity index is 1.93. The summed E-state index contributed by atoms with van der Waals surface area (Å²) >= 11 is 1.66. The fraction of sp³-hybridized carbons (Fsp3) is 0.333. The fourth-order valence-corrected chi connectivity index (χ4v) is 3.01. The molecule has 1 heterocycles. The van der Waals surface area contributed by atoms with Crippen molar-refractivity contribution < 1.29 is 18.0 Å². The van der Waals surface area contributed by atoms with E-state index in [1.807, 2.05) is 24.4 Å². The molecule has 1 atom stereocenters. The number of thiophene rings is 1. The molecular formula is C18H21F3N4OS. The standard InChI is InChI=1S/C18H21F3N4OS/c1-3-22-18(23-9-11(2)14-5-4-8-27-14)24-10-15(26)25-13-7-6-12(19)16(20)17(13)21/h4-8,11H,3,9-10H2,1-2H3,(H,25,26)(H2,22,23,24). The summed E-state index contributed by atoms with van der Waals surface area (Å²) in [6.07, 6.45) is 0. The molecule has 9 heteroatoms. The topological polar surface area (TPSA) is 65.5 Å². The zero-order chi connectivity index (χ0) is 19.8. The summed E-state index contributed by atoms with van der Waals surface area (Å²) in [5.41, 5.74) is -0.432. The summed E-state index contributed by atoms with van der Waals surface area (Å²) in [5.74, 6) is -4.35. The van der Waals surface area contributed by atoms with E-state index in [1.165, 1.54) is 4.88 Å². The van der Waals surface area contributed by atoms with Crippen LogP contribution in [0.2, 0.25) is 0 Å². The smallest absolute Gasteiger partial charge is 0.246 e. The average Bonchev–Trinajstić information content (AvgIpc) is 3.19. The molecule has 0 aliphatic rings. The molecule has 0 saturated carbocycles. The van der Waals surface area contributed by atoms with Crippen molar-refractivity contribution in [2.75, 3.05) is 25.0 Å². The number of benzene rings is 1. The molecule has 1 aromatic carbocycles. The first-order valence-electron chi connectivity index (χ1n) is 8.41. The van der Waals surface area contributed by atoms with E-state index in [0.29, 0.717) is 19.0 Å². The third-order valence-corrected chi connectivity index (χ3v) is 4.74. The first-order valence-corrected chi connectivity index (χ1v) is 9.29. The van der Waals surface area contributed by atoms with E-state index in [9.17, 15) is 18.0 Å². The number of guanidine groups is 1. The highest BCUT2D eigenvalue weighted by atomic mass is 32.1. The van der Waals surface area contributed by atoms with Crippen molar-refractivity contribution in [3.63, 3.8) is 0 Å². The molecule has 0 bridgehead atoms. The van der Waals surface area contributed by atoms with Crippen molar-refractivity contribution >= 4 is 28.9 Å². The van der Waals surface area contributed by atoms with Gasteiger partial charge in [-0.05, 0) is 30.5 Å². The van der Waals surface area contributed by atoms with Gasteiger partial charge in [0.2, 0.25) is 5.91 Å². The number of anilines is 1. The number of carbonyl (C=O) groups is 1. The Morgan fingerprint density at radius 3 is 2.63 bits per heavy atom. The molecule has 5 nitrogen and oxygen atoms in total. The molecule has 1 amide bonds. The second-order valence-electron chi connectivity index (χ2n) is 5.76. The van der Waals surface area contributed by atoms with Gasteiger partial charge >= 0.3 is 0 Å². The normalized spacial score (nSPS) is 12.6. The van der Waals surface area contributed by atoms with Gasteiger partial charge in [0.15, 0.2) is 23.4 Å². The van der Waals surface area contributed by atoms with Crippen LogP contribution in [0.5, 0.6) is 0 Å². The third-order valence-electron chi connectivity index (χ3n) is 3.64. The van der Waals surface area contributed by atoms with Crippen LogP contribution in [0.1, 0.15) is 24.6 Å². The van der Waals surface area contributed by atoms with Crippen molar-refractivity contribution in [1.82, 2.24) is 10.6 Å². The van der Waals surface area contributed by atoms with Crippen LogP contribution in [0.3, 0.4) is 0 Å². The van der Waals surface area contributed by atoms with Crippen LogP contribution in [0.15, 0.2) is 34.6 Å². The van der Waals surface area contributed by atoms with Gasteiger partial charge in [-0.25, -0.2) is 18.2 Å². The van der Waals surface area contributed by atoms with Crippen molar-refractivity contribution in [3.8, 4) is 0 Å². The molecule has 1 aromatic heterocycles. The van der Waals surface area contributed by atoms with Crippen LogP contribution < -0.4 is 16.0 Å². The largest absolute Gasteiger partial charge is 0.357 e. The number of nitrogens with one attached hydrogen (secondary N) is 3. The number of rotatable bonds is 7. The zero-order valence-corrected chi connectivity index (χ0v) is 15.8. The Morgan fingerprint density at radius 2 is 1.96 bits per heavy atom. The lowest BCUT2D eigenvalue weighted by molar-refractivity contribution is -0.114. The highest BCUT2D eigenvalue weighted by Gasteiger charge is 2.15. The number of hydrogen-bond donors (Lipinski definition) is 3. The van der Waals surface area contributed by atoms with Crippen molar-refractivity contribution in [2.45, 2.75) is 19.8 Å². The third kappa shape index (κ3) is 5.99. The zero-order valence-electron chi connectivity index (χ0n) is 15.0. The number of hydrogen-bond acceptors (Lipinski definition) is 3. The molecule has 0 radical (unpaired) electrons. The summed E-state index contributed by atoms with van der Waals surface area (Å²) in [6.45, 7) is 4.86. The summed E-state index contributed by atoms with van der Waals surface area (Å²) < 4.78 is 39.7. The molecule has 0 aliphatic heterocycles. The van der Waals surface area contributed by atoms with E-state index in [-0.39, 0.29) is 12.5 Å². The fourth-order valence-electron chi connectivity index (χ4n) is 2.23. The van der Waals surface area contributed by atoms with Crippen LogP contribution in [0, 0.1) is 17.5 Å². The van der Waals surface area contributed by atoms with Crippen LogP contribution in [-0.2, 0) is 4.79 Å². The van der Waals surface area contributed by atoms with Gasteiger partial charge in [0.05, 0.1) is 5.69 Å². The van der Waals surface area contributed by atoms with Gasteiger partial charge in [0, 0.05) is 23.9 Å². The second-order valence-corrected chi connectivity index (χ2v) is 6.74. The number of amides is 1. The van der Waals surface area contributed by atoms with E-state index >= 15 is 0 Å². The van der Waals surface area contributed by atoms with Crippen LogP contribution in [0.4, 0.5) is 18.9 Å². The number of carbonyl (C=O) groups excluding carboxylic acids is 1. The van der Waals surface area contributed by atoms with Crippen LogP contribution in [0.25, 0.3) is 0 Å². The van der Waals surface area contributed by atoms with E-state index in [0.717, 1.165) is 12.1 Å². The van der Waals surface area contributed by atoms with Crippen molar-refractivity contribution in [2.24, 2.45) is 4.99 Å². The number of nitrogens with zero attached hydrogens (tertiary/aromatic N) is 1. The van der Waals surface area contributed by atoms with Crippen LogP contribution in [-0.4, -0.2) is 31.5 Å². The van der Waals surface area contributed by atoms with Gasteiger partial charge in [-0.3, -0.25) is 4.79 Å². The SMILES string of the molecule is CCNC(=NCC(=O)Nc1ccc(F)c(F)c1F)NCC(C)c1cccs1. The molecule has 2 rings (SSSR count). The molecule has 27 heavy (non-hydrogen) atoms. The van der Waals surface area contributed by atoms with Crippen molar-refractivity contribution in [1.29, 1.82) is 0 Å². The molecule has 3 N–H and O–H groups in total. The second kappa shape index (κ2) is 9.96. The van der Waals surface area contributed by atoms with Crippen LogP contribution >= 0.6 is 11.3 Å². The van der Waals surface area contributed by atoms with E-state index < -0.39 is 29.0 Å². The first-order chi connectivity index (χ1) is 12.9. The summed E-state index contributed by atoms with van der Waals surface area (Å²) in [5, 5.41) is 10.3. The Morgan fingerprint density at radius 1 is 1.19 bits per heavy atom. The van der Waals surface area contributed by atoms with Gasteiger partial charge in [0.25, 0.3) is 0 Å². The minimum absolute atomic E-state index is 0.263. The van der Waals surface area contributed by atoms with Gasteiger partial charge in [-0.15, -0.1) is 11.3 Å². The first kappa shape index (κ1) is 20.8. The van der Waals surface area contributed by atoms with Gasteiger partial charge in [-0.1, -0.05) is 13.0 Å². The quantitative estimate of drug-likeness (QED) is 0.380. The molecule has 0 aliphatic carbocycles. The minimum Gasteiger partial charge on any atom is -0.357 e. The monoisotopic (exact) mass is 398 g/mol. The maximum Gasteiger partial charge on any atom is 0.246 e. The molecule has 2 aromatic rings. The summed E-state index contributed by atoms with van der Waals surface area (Å²) in [6, 6.07) is 5.73.